The Labute approximate surface area is 180 Å². The number of carbonyl (C=O) groups is 1. The van der Waals surface area contributed by atoms with E-state index in [9.17, 15) is 14.9 Å². The van der Waals surface area contributed by atoms with Crippen molar-refractivity contribution in [2.75, 3.05) is 6.54 Å². The SMILES string of the molecule is CCN1C(=O)/C(=C/c2ccc([N+](=O)[O-])cc2)S/C1=N/c1nc(-c2ccccc2)cs1. The molecule has 150 valence electrons. The summed E-state index contributed by atoms with van der Waals surface area (Å²) in [7, 11) is 0. The highest BCUT2D eigenvalue weighted by Gasteiger charge is 2.32. The molecule has 1 aliphatic heterocycles. The molecule has 2 aromatic carbocycles. The zero-order valence-corrected chi connectivity index (χ0v) is 17.5. The number of nitro groups is 1. The van der Waals surface area contributed by atoms with Crippen molar-refractivity contribution in [3.63, 3.8) is 0 Å². The van der Waals surface area contributed by atoms with Gasteiger partial charge in [0.1, 0.15) is 0 Å². The topological polar surface area (TPSA) is 88.7 Å². The summed E-state index contributed by atoms with van der Waals surface area (Å²) >= 11 is 2.70. The van der Waals surface area contributed by atoms with Crippen LogP contribution in [-0.2, 0) is 4.79 Å². The normalized spacial score (nSPS) is 16.6. The lowest BCUT2D eigenvalue weighted by Gasteiger charge is -2.11. The van der Waals surface area contributed by atoms with Crippen molar-refractivity contribution < 1.29 is 9.72 Å². The van der Waals surface area contributed by atoms with E-state index in [-0.39, 0.29) is 11.6 Å². The maximum Gasteiger partial charge on any atom is 0.269 e. The van der Waals surface area contributed by atoms with Crippen molar-refractivity contribution in [2.45, 2.75) is 6.92 Å². The number of non-ortho nitro benzene ring substituents is 1. The quantitative estimate of drug-likeness (QED) is 0.306. The van der Waals surface area contributed by atoms with Crippen molar-refractivity contribution in [3.8, 4) is 11.3 Å². The van der Waals surface area contributed by atoms with Crippen molar-refractivity contribution in [3.05, 3.63) is 80.6 Å². The second-order valence-corrected chi connectivity index (χ2v) is 8.13. The minimum absolute atomic E-state index is 0.0120. The van der Waals surface area contributed by atoms with Gasteiger partial charge in [0.05, 0.1) is 15.5 Å². The van der Waals surface area contributed by atoms with Gasteiger partial charge < -0.3 is 0 Å². The fourth-order valence-electron chi connectivity index (χ4n) is 2.85. The summed E-state index contributed by atoms with van der Waals surface area (Å²) in [4.78, 5) is 34.4. The van der Waals surface area contributed by atoms with Crippen LogP contribution in [0.15, 0.2) is 69.9 Å². The van der Waals surface area contributed by atoms with Crippen LogP contribution >= 0.6 is 23.1 Å². The predicted molar refractivity (Wildman–Crippen MR) is 121 cm³/mol. The maximum atomic E-state index is 12.8. The summed E-state index contributed by atoms with van der Waals surface area (Å²) in [6.45, 7) is 2.37. The number of rotatable bonds is 5. The Bertz CT molecular complexity index is 1150. The van der Waals surface area contributed by atoms with Gasteiger partial charge in [-0.2, -0.15) is 4.99 Å². The third kappa shape index (κ3) is 4.17. The van der Waals surface area contributed by atoms with Crippen LogP contribution in [0.4, 0.5) is 10.8 Å². The zero-order chi connectivity index (χ0) is 21.1. The molecule has 0 spiro atoms. The standard InChI is InChI=1S/C21H16N4O3S2/c1-2-24-19(26)18(12-14-8-10-16(11-9-14)25(27)28)30-21(24)23-20-22-17(13-29-20)15-6-4-3-5-7-15/h3-13H,2H2,1H3/b18-12-,23-21+. The van der Waals surface area contributed by atoms with E-state index >= 15 is 0 Å². The number of nitrogens with zero attached hydrogens (tertiary/aromatic N) is 4. The lowest BCUT2D eigenvalue weighted by molar-refractivity contribution is -0.384. The predicted octanol–water partition coefficient (Wildman–Crippen LogP) is 5.34. The first kappa shape index (κ1) is 20.0. The van der Waals surface area contributed by atoms with Gasteiger partial charge in [0.25, 0.3) is 11.6 Å². The number of aromatic nitrogens is 1. The van der Waals surface area contributed by atoms with Crippen molar-refractivity contribution in [1.82, 2.24) is 9.88 Å². The Kier molecular flexibility index (Phi) is 5.73. The molecule has 1 saturated heterocycles. The number of amidine groups is 1. The van der Waals surface area contributed by atoms with Crippen LogP contribution < -0.4 is 0 Å². The van der Waals surface area contributed by atoms with Crippen LogP contribution in [-0.4, -0.2) is 32.4 Å². The second-order valence-electron chi connectivity index (χ2n) is 6.28. The summed E-state index contributed by atoms with van der Waals surface area (Å²) in [5, 5.41) is 13.9. The lowest BCUT2D eigenvalue weighted by atomic mass is 10.2. The molecule has 0 N–H and O–H groups in total. The highest BCUT2D eigenvalue weighted by Crippen LogP contribution is 2.35. The average molecular weight is 437 g/mol. The third-order valence-electron chi connectivity index (χ3n) is 4.36. The van der Waals surface area contributed by atoms with E-state index in [0.29, 0.717) is 21.7 Å². The average Bonchev–Trinajstić information content (AvgIpc) is 3.34. The van der Waals surface area contributed by atoms with Gasteiger partial charge >= 0.3 is 0 Å². The molecule has 1 amide bonds. The van der Waals surface area contributed by atoms with Crippen LogP contribution in [0, 0.1) is 10.1 Å². The Balaban J connectivity index is 1.59. The first-order valence-corrected chi connectivity index (χ1v) is 10.8. The van der Waals surface area contributed by atoms with Gasteiger partial charge in [-0.1, -0.05) is 30.3 Å². The molecule has 2 heterocycles. The van der Waals surface area contributed by atoms with Gasteiger partial charge in [-0.25, -0.2) is 4.98 Å². The Morgan fingerprint density at radius 3 is 2.57 bits per heavy atom. The molecule has 9 heteroatoms. The minimum atomic E-state index is -0.451. The number of likely N-dealkylation sites (N-methyl/N-ethyl adjacent to an activating group) is 1. The van der Waals surface area contributed by atoms with E-state index < -0.39 is 4.92 Å². The van der Waals surface area contributed by atoms with Crippen LogP contribution in [0.25, 0.3) is 17.3 Å². The highest BCUT2D eigenvalue weighted by molar-refractivity contribution is 8.18. The van der Waals surface area contributed by atoms with Crippen LogP contribution in [0.5, 0.6) is 0 Å². The Hall–Kier alpha value is -3.30. The van der Waals surface area contributed by atoms with Gasteiger partial charge in [0.2, 0.25) is 5.13 Å². The molecule has 1 fully saturated rings. The molecular weight excluding hydrogens is 420 g/mol. The number of thiazole rings is 1. The van der Waals surface area contributed by atoms with E-state index in [1.807, 2.05) is 42.6 Å². The first-order chi connectivity index (χ1) is 14.5. The lowest BCUT2D eigenvalue weighted by Crippen LogP contribution is -2.28. The van der Waals surface area contributed by atoms with E-state index in [4.69, 9.17) is 0 Å². The molecule has 0 unspecified atom stereocenters. The maximum absolute atomic E-state index is 12.8. The number of nitro benzene ring substituents is 1. The molecule has 7 nitrogen and oxygen atoms in total. The molecule has 0 saturated carbocycles. The molecule has 1 aromatic heterocycles. The van der Waals surface area contributed by atoms with E-state index in [1.165, 1.54) is 35.2 Å². The fraction of sp³-hybridized carbons (Fsp3) is 0.0952. The Morgan fingerprint density at radius 1 is 1.17 bits per heavy atom. The number of hydrogen-bond donors (Lipinski definition) is 0. The monoisotopic (exact) mass is 436 g/mol. The minimum Gasteiger partial charge on any atom is -0.287 e. The van der Waals surface area contributed by atoms with Gasteiger partial charge in [-0.15, -0.1) is 11.3 Å². The highest BCUT2D eigenvalue weighted by atomic mass is 32.2. The van der Waals surface area contributed by atoms with Crippen LogP contribution in [0.1, 0.15) is 12.5 Å². The molecule has 0 atom stereocenters. The summed E-state index contributed by atoms with van der Waals surface area (Å²) < 4.78 is 0. The summed E-state index contributed by atoms with van der Waals surface area (Å²) in [5.41, 5.74) is 2.59. The number of thioether (sulfide) groups is 1. The molecule has 1 aliphatic rings. The van der Waals surface area contributed by atoms with Gasteiger partial charge in [-0.05, 0) is 42.5 Å². The number of carbonyl (C=O) groups excluding carboxylic acids is 1. The largest absolute Gasteiger partial charge is 0.287 e. The molecule has 0 radical (unpaired) electrons. The molecular formula is C21H16N4O3S2. The third-order valence-corrected chi connectivity index (χ3v) is 6.10. The second kappa shape index (κ2) is 8.60. The summed E-state index contributed by atoms with van der Waals surface area (Å²) in [6.07, 6.45) is 1.72. The van der Waals surface area contributed by atoms with Crippen molar-refractivity contribution >= 4 is 51.1 Å². The van der Waals surface area contributed by atoms with E-state index in [2.05, 4.69) is 9.98 Å². The van der Waals surface area contributed by atoms with Crippen molar-refractivity contribution in [2.24, 2.45) is 4.99 Å². The van der Waals surface area contributed by atoms with Crippen LogP contribution in [0.2, 0.25) is 0 Å². The zero-order valence-electron chi connectivity index (χ0n) is 15.9. The fourth-order valence-corrected chi connectivity index (χ4v) is 4.65. The number of aliphatic imine (C=N–C) groups is 1. The van der Waals surface area contributed by atoms with E-state index in [1.54, 1.807) is 23.1 Å². The molecule has 4 rings (SSSR count). The van der Waals surface area contributed by atoms with Gasteiger partial charge in [-0.3, -0.25) is 19.8 Å². The smallest absolute Gasteiger partial charge is 0.269 e. The number of amides is 1. The molecule has 0 aliphatic carbocycles. The van der Waals surface area contributed by atoms with E-state index in [0.717, 1.165) is 16.8 Å². The Morgan fingerprint density at radius 2 is 1.90 bits per heavy atom. The number of hydrogen-bond acceptors (Lipinski definition) is 7. The van der Waals surface area contributed by atoms with Crippen LogP contribution in [0.3, 0.4) is 0 Å². The number of benzene rings is 2. The van der Waals surface area contributed by atoms with Gasteiger partial charge in [0, 0.05) is 29.6 Å². The summed E-state index contributed by atoms with van der Waals surface area (Å²) in [5.74, 6) is -0.139. The molecule has 0 bridgehead atoms. The van der Waals surface area contributed by atoms with Crippen molar-refractivity contribution in [1.29, 1.82) is 0 Å². The molecule has 3 aromatic rings. The molecule has 30 heavy (non-hydrogen) atoms. The first-order valence-electron chi connectivity index (χ1n) is 9.10. The summed E-state index contributed by atoms with van der Waals surface area (Å²) in [6, 6.07) is 15.9. The van der Waals surface area contributed by atoms with Gasteiger partial charge in [0.15, 0.2) is 5.17 Å².